The van der Waals surface area contributed by atoms with Crippen molar-refractivity contribution >= 4 is 27.7 Å². The van der Waals surface area contributed by atoms with Crippen LogP contribution in [0, 0.1) is 0 Å². The normalized spacial score (nSPS) is 18.6. The first-order valence-electron chi connectivity index (χ1n) is 10.8. The van der Waals surface area contributed by atoms with Crippen LogP contribution in [-0.4, -0.2) is 23.1 Å². The van der Waals surface area contributed by atoms with Crippen LogP contribution in [0.25, 0.3) is 4.91 Å². The Morgan fingerprint density at radius 2 is 1.76 bits per heavy atom. The Morgan fingerprint density at radius 3 is 2.44 bits per heavy atom. The highest BCUT2D eigenvalue weighted by atomic mass is 32.2. The predicted molar refractivity (Wildman–Crippen MR) is 129 cm³/mol. The number of fused-ring (bicyclic) bond motifs is 1. The molecule has 8 heteroatoms. The number of hydrogen-bond acceptors (Lipinski definition) is 5. The van der Waals surface area contributed by atoms with Crippen LogP contribution >= 0.6 is 0 Å². The van der Waals surface area contributed by atoms with Crippen molar-refractivity contribution in [3.05, 3.63) is 95.1 Å². The molecule has 2 amide bonds. The molecule has 2 atom stereocenters. The first-order chi connectivity index (χ1) is 16.5. The second-order valence-corrected chi connectivity index (χ2v) is 9.12. The summed E-state index contributed by atoms with van der Waals surface area (Å²) in [7, 11) is 0.0801. The van der Waals surface area contributed by atoms with Crippen LogP contribution in [0.5, 0.6) is 17.2 Å². The van der Waals surface area contributed by atoms with Gasteiger partial charge in [0.25, 0.3) is 11.8 Å². The Morgan fingerprint density at radius 1 is 1.03 bits per heavy atom. The van der Waals surface area contributed by atoms with Crippen molar-refractivity contribution in [3.8, 4) is 17.2 Å². The Labute approximate surface area is 199 Å². The number of nitrogens with one attached hydrogen (secondary N) is 2. The first-order valence-corrected chi connectivity index (χ1v) is 12.0. The summed E-state index contributed by atoms with van der Waals surface area (Å²) >= 11 is 0. The largest absolute Gasteiger partial charge is 0.486 e. The van der Waals surface area contributed by atoms with Crippen LogP contribution in [0.3, 0.4) is 0 Å². The minimum atomic E-state index is -1.52. The average Bonchev–Trinajstić information content (AvgIpc) is 3.42. The molecule has 2 unspecified atom stereocenters. The summed E-state index contributed by atoms with van der Waals surface area (Å²) in [5.41, 5.74) is 3.48. The number of ether oxygens (including phenoxy) is 2. The fraction of sp³-hybridized carbons (Fsp3) is 0.154. The summed E-state index contributed by atoms with van der Waals surface area (Å²) in [4.78, 5) is 23.6. The minimum Gasteiger partial charge on any atom is -0.486 e. The van der Waals surface area contributed by atoms with Gasteiger partial charge in [-0.25, -0.2) is 4.21 Å². The standard InChI is InChI=1S/C26H22N2O5S/c1-27-26(30)17-7-11-19(12-8-17)32-22-4-2-3-20-21(22)13-14-23(20)33-18-9-5-16(6-10-18)24-15-25(29)28-34(24)31/h2-12,15,23H,13-14H2,1H3,(H,27,30)(H,28,29). The lowest BCUT2D eigenvalue weighted by molar-refractivity contribution is -0.114. The lowest BCUT2D eigenvalue weighted by Crippen LogP contribution is -2.17. The van der Waals surface area contributed by atoms with Crippen LogP contribution in [-0.2, 0) is 22.2 Å². The minimum absolute atomic E-state index is 0.108. The molecule has 34 heavy (non-hydrogen) atoms. The highest BCUT2D eigenvalue weighted by Gasteiger charge is 2.27. The zero-order valence-corrected chi connectivity index (χ0v) is 19.2. The molecule has 7 nitrogen and oxygen atoms in total. The van der Waals surface area contributed by atoms with E-state index in [2.05, 4.69) is 10.0 Å². The number of hydrogen-bond donors (Lipinski definition) is 2. The maximum atomic E-state index is 12.0. The van der Waals surface area contributed by atoms with Crippen molar-refractivity contribution in [1.82, 2.24) is 10.0 Å². The summed E-state index contributed by atoms with van der Waals surface area (Å²) in [6, 6.07) is 20.2. The third-order valence-electron chi connectivity index (χ3n) is 5.82. The highest BCUT2D eigenvalue weighted by Crippen LogP contribution is 2.41. The van der Waals surface area contributed by atoms with E-state index in [1.54, 1.807) is 43.4 Å². The van der Waals surface area contributed by atoms with Gasteiger partial charge in [0, 0.05) is 24.3 Å². The van der Waals surface area contributed by atoms with E-state index in [1.165, 1.54) is 6.08 Å². The summed E-state index contributed by atoms with van der Waals surface area (Å²) in [6.07, 6.45) is 2.89. The van der Waals surface area contributed by atoms with Gasteiger partial charge in [0.15, 0.2) is 11.0 Å². The zero-order chi connectivity index (χ0) is 23.7. The lowest BCUT2D eigenvalue weighted by atomic mass is 10.1. The molecule has 1 aliphatic heterocycles. The second-order valence-electron chi connectivity index (χ2n) is 7.94. The number of carbonyl (C=O) groups excluding carboxylic acids is 2. The molecule has 0 radical (unpaired) electrons. The van der Waals surface area contributed by atoms with E-state index in [0.717, 1.165) is 29.7 Å². The van der Waals surface area contributed by atoms with Crippen molar-refractivity contribution in [2.45, 2.75) is 18.9 Å². The van der Waals surface area contributed by atoms with E-state index < -0.39 is 11.0 Å². The SMILES string of the molecule is CNC(=O)c1ccc(Oc2cccc3c2CCC3Oc2ccc(C3=CC(=O)NS3=O)cc2)cc1. The van der Waals surface area contributed by atoms with Gasteiger partial charge in [0.1, 0.15) is 23.4 Å². The van der Waals surface area contributed by atoms with Crippen molar-refractivity contribution in [2.24, 2.45) is 0 Å². The van der Waals surface area contributed by atoms with E-state index in [9.17, 15) is 13.8 Å². The van der Waals surface area contributed by atoms with Crippen LogP contribution < -0.4 is 19.5 Å². The average molecular weight is 475 g/mol. The molecule has 172 valence electrons. The van der Waals surface area contributed by atoms with Crippen molar-refractivity contribution in [2.75, 3.05) is 7.05 Å². The molecule has 0 saturated carbocycles. The van der Waals surface area contributed by atoms with Gasteiger partial charge in [-0.2, -0.15) is 0 Å². The Hall–Kier alpha value is -3.91. The number of carbonyl (C=O) groups is 2. The third-order valence-corrected chi connectivity index (χ3v) is 6.96. The summed E-state index contributed by atoms with van der Waals surface area (Å²) in [6.45, 7) is 0. The first kappa shape index (κ1) is 21.9. The van der Waals surface area contributed by atoms with E-state index >= 15 is 0 Å². The van der Waals surface area contributed by atoms with E-state index in [1.807, 2.05) is 30.3 Å². The monoisotopic (exact) mass is 474 g/mol. The smallest absolute Gasteiger partial charge is 0.257 e. The molecule has 0 spiro atoms. The molecular weight excluding hydrogens is 452 g/mol. The van der Waals surface area contributed by atoms with Gasteiger partial charge in [-0.15, -0.1) is 0 Å². The van der Waals surface area contributed by atoms with Crippen LogP contribution in [0.4, 0.5) is 0 Å². The maximum absolute atomic E-state index is 12.0. The fourth-order valence-corrected chi connectivity index (χ4v) is 5.06. The second kappa shape index (κ2) is 9.15. The number of benzene rings is 3. The zero-order valence-electron chi connectivity index (χ0n) is 18.4. The molecule has 1 heterocycles. The van der Waals surface area contributed by atoms with E-state index in [4.69, 9.17) is 9.47 Å². The van der Waals surface area contributed by atoms with Gasteiger partial charge in [0.2, 0.25) is 0 Å². The molecule has 3 aromatic rings. The molecule has 2 N–H and O–H groups in total. The van der Waals surface area contributed by atoms with Gasteiger partial charge >= 0.3 is 0 Å². The van der Waals surface area contributed by atoms with Crippen molar-refractivity contribution < 1.29 is 23.3 Å². The quantitative estimate of drug-likeness (QED) is 0.563. The fourth-order valence-electron chi connectivity index (χ4n) is 4.15. The van der Waals surface area contributed by atoms with Crippen molar-refractivity contribution in [3.63, 3.8) is 0 Å². The van der Waals surface area contributed by atoms with Gasteiger partial charge in [-0.3, -0.25) is 14.3 Å². The van der Waals surface area contributed by atoms with Gasteiger partial charge < -0.3 is 14.8 Å². The summed E-state index contributed by atoms with van der Waals surface area (Å²) in [5, 5.41) is 2.60. The molecule has 5 rings (SSSR count). The van der Waals surface area contributed by atoms with E-state index in [0.29, 0.717) is 27.5 Å². The van der Waals surface area contributed by atoms with Gasteiger partial charge in [-0.05, 0) is 66.4 Å². The van der Waals surface area contributed by atoms with Crippen LogP contribution in [0.1, 0.15) is 39.6 Å². The number of amides is 2. The van der Waals surface area contributed by atoms with Crippen molar-refractivity contribution in [1.29, 1.82) is 0 Å². The van der Waals surface area contributed by atoms with Gasteiger partial charge in [-0.1, -0.05) is 24.3 Å². The molecule has 0 fully saturated rings. The molecule has 0 bridgehead atoms. The Kier molecular flexibility index (Phi) is 5.90. The summed E-state index contributed by atoms with van der Waals surface area (Å²) in [5.74, 6) is 1.64. The van der Waals surface area contributed by atoms with Crippen LogP contribution in [0.2, 0.25) is 0 Å². The van der Waals surface area contributed by atoms with E-state index in [-0.39, 0.29) is 17.9 Å². The molecule has 0 aromatic heterocycles. The summed E-state index contributed by atoms with van der Waals surface area (Å²) < 4.78 is 26.7. The highest BCUT2D eigenvalue weighted by molar-refractivity contribution is 7.93. The van der Waals surface area contributed by atoms with Gasteiger partial charge in [0.05, 0.1) is 4.91 Å². The molecule has 1 aliphatic carbocycles. The topological polar surface area (TPSA) is 93.7 Å². The number of rotatable bonds is 6. The molecule has 3 aromatic carbocycles. The Bertz CT molecular complexity index is 1320. The lowest BCUT2D eigenvalue weighted by Gasteiger charge is -2.16. The molecular formula is C26H22N2O5S. The molecule has 0 saturated heterocycles. The predicted octanol–water partition coefficient (Wildman–Crippen LogP) is 4.04. The van der Waals surface area contributed by atoms with Crippen LogP contribution in [0.15, 0.2) is 72.8 Å². The molecule has 2 aliphatic rings. The third kappa shape index (κ3) is 4.32. The Balaban J connectivity index is 1.30. The maximum Gasteiger partial charge on any atom is 0.257 e.